The van der Waals surface area contributed by atoms with Crippen LogP contribution in [-0.4, -0.2) is 19.8 Å². The van der Waals surface area contributed by atoms with E-state index in [0.717, 1.165) is 25.4 Å². The summed E-state index contributed by atoms with van der Waals surface area (Å²) >= 11 is 0. The van der Waals surface area contributed by atoms with E-state index in [-0.39, 0.29) is 0 Å². The van der Waals surface area contributed by atoms with Crippen LogP contribution in [0.3, 0.4) is 0 Å². The molecule has 3 heteroatoms. The van der Waals surface area contributed by atoms with Crippen molar-refractivity contribution in [3.8, 4) is 0 Å². The topological polar surface area (TPSA) is 47.3 Å². The van der Waals surface area contributed by atoms with E-state index in [1.54, 1.807) is 7.11 Å². The van der Waals surface area contributed by atoms with Crippen molar-refractivity contribution in [2.24, 2.45) is 17.7 Å². The molecule has 0 aliphatic heterocycles. The van der Waals surface area contributed by atoms with E-state index in [2.05, 4.69) is 26.2 Å². The zero-order valence-corrected chi connectivity index (χ0v) is 10.0. The van der Waals surface area contributed by atoms with Gasteiger partial charge in [-0.3, -0.25) is 11.3 Å². The molecule has 0 bridgehead atoms. The van der Waals surface area contributed by atoms with Gasteiger partial charge < -0.3 is 4.74 Å². The first-order valence-electron chi connectivity index (χ1n) is 5.60. The van der Waals surface area contributed by atoms with Gasteiger partial charge in [0.05, 0.1) is 0 Å². The Morgan fingerprint density at radius 3 is 2.43 bits per heavy atom. The van der Waals surface area contributed by atoms with Gasteiger partial charge in [-0.25, -0.2) is 0 Å². The second-order valence-corrected chi connectivity index (χ2v) is 4.28. The normalized spacial score (nSPS) is 17.8. The van der Waals surface area contributed by atoms with Crippen LogP contribution >= 0.6 is 0 Å². The SMILES string of the molecule is CCC(C)CC(NN)C(C)CCOC. The number of hydrazine groups is 1. The number of nitrogens with one attached hydrogen (secondary N) is 1. The minimum atomic E-state index is 0.417. The van der Waals surface area contributed by atoms with Gasteiger partial charge in [0.15, 0.2) is 0 Å². The molecule has 0 heterocycles. The maximum absolute atomic E-state index is 5.56. The fourth-order valence-electron chi connectivity index (χ4n) is 1.57. The third-order valence-corrected chi connectivity index (χ3v) is 3.03. The molecule has 3 nitrogen and oxygen atoms in total. The molecule has 0 saturated carbocycles. The van der Waals surface area contributed by atoms with Crippen LogP contribution in [0.25, 0.3) is 0 Å². The molecule has 0 saturated heterocycles. The van der Waals surface area contributed by atoms with Crippen molar-refractivity contribution in [1.29, 1.82) is 0 Å². The van der Waals surface area contributed by atoms with E-state index in [0.29, 0.717) is 12.0 Å². The van der Waals surface area contributed by atoms with Crippen LogP contribution in [0.5, 0.6) is 0 Å². The van der Waals surface area contributed by atoms with Crippen molar-refractivity contribution in [3.05, 3.63) is 0 Å². The molecule has 0 aliphatic carbocycles. The van der Waals surface area contributed by atoms with Crippen LogP contribution in [0.2, 0.25) is 0 Å². The number of hydrogen-bond donors (Lipinski definition) is 2. The number of hydrogen-bond acceptors (Lipinski definition) is 3. The summed E-state index contributed by atoms with van der Waals surface area (Å²) in [6.07, 6.45) is 3.44. The molecular formula is C11H26N2O. The minimum Gasteiger partial charge on any atom is -0.385 e. The summed E-state index contributed by atoms with van der Waals surface area (Å²) in [6.45, 7) is 7.54. The molecule has 3 atom stereocenters. The molecule has 0 radical (unpaired) electrons. The zero-order chi connectivity index (χ0) is 11.0. The maximum Gasteiger partial charge on any atom is 0.0465 e. The highest BCUT2D eigenvalue weighted by molar-refractivity contribution is 4.73. The highest BCUT2D eigenvalue weighted by atomic mass is 16.5. The van der Waals surface area contributed by atoms with Gasteiger partial charge in [-0.05, 0) is 24.7 Å². The van der Waals surface area contributed by atoms with Crippen LogP contribution < -0.4 is 11.3 Å². The summed E-state index contributed by atoms with van der Waals surface area (Å²) in [7, 11) is 1.74. The van der Waals surface area contributed by atoms with E-state index >= 15 is 0 Å². The summed E-state index contributed by atoms with van der Waals surface area (Å²) in [5.74, 6) is 6.87. The average molecular weight is 202 g/mol. The summed E-state index contributed by atoms with van der Waals surface area (Å²) in [6, 6.07) is 0.417. The third-order valence-electron chi connectivity index (χ3n) is 3.03. The Bertz CT molecular complexity index is 130. The van der Waals surface area contributed by atoms with Crippen molar-refractivity contribution in [2.45, 2.75) is 46.1 Å². The summed E-state index contributed by atoms with van der Waals surface area (Å²) < 4.78 is 5.07. The first-order chi connectivity index (χ1) is 6.65. The first kappa shape index (κ1) is 13.9. The van der Waals surface area contributed by atoms with Gasteiger partial charge in [-0.1, -0.05) is 27.2 Å². The van der Waals surface area contributed by atoms with Crippen molar-refractivity contribution >= 4 is 0 Å². The predicted molar refractivity (Wildman–Crippen MR) is 60.8 cm³/mol. The largest absolute Gasteiger partial charge is 0.385 e. The third kappa shape index (κ3) is 5.58. The van der Waals surface area contributed by atoms with E-state index in [9.17, 15) is 0 Å². The number of ether oxygens (including phenoxy) is 1. The van der Waals surface area contributed by atoms with Gasteiger partial charge in [0.2, 0.25) is 0 Å². The Hall–Kier alpha value is -0.120. The van der Waals surface area contributed by atoms with Crippen LogP contribution in [0.4, 0.5) is 0 Å². The summed E-state index contributed by atoms with van der Waals surface area (Å²) in [5, 5.41) is 0. The lowest BCUT2D eigenvalue weighted by Crippen LogP contribution is -2.41. The van der Waals surface area contributed by atoms with Gasteiger partial charge in [0.1, 0.15) is 0 Å². The lowest BCUT2D eigenvalue weighted by molar-refractivity contribution is 0.165. The van der Waals surface area contributed by atoms with Crippen LogP contribution in [0.1, 0.15) is 40.0 Å². The molecule has 3 unspecified atom stereocenters. The minimum absolute atomic E-state index is 0.417. The average Bonchev–Trinajstić information content (AvgIpc) is 2.21. The van der Waals surface area contributed by atoms with Gasteiger partial charge in [-0.15, -0.1) is 0 Å². The molecule has 86 valence electrons. The van der Waals surface area contributed by atoms with Crippen molar-refractivity contribution < 1.29 is 4.74 Å². The molecule has 0 spiro atoms. The van der Waals surface area contributed by atoms with Gasteiger partial charge >= 0.3 is 0 Å². The van der Waals surface area contributed by atoms with Gasteiger partial charge in [0.25, 0.3) is 0 Å². The molecule has 14 heavy (non-hydrogen) atoms. The molecule has 0 rings (SSSR count). The first-order valence-corrected chi connectivity index (χ1v) is 5.60. The van der Waals surface area contributed by atoms with Gasteiger partial charge in [-0.2, -0.15) is 0 Å². The van der Waals surface area contributed by atoms with Crippen molar-refractivity contribution in [1.82, 2.24) is 5.43 Å². The maximum atomic E-state index is 5.56. The highest BCUT2D eigenvalue weighted by Gasteiger charge is 2.17. The monoisotopic (exact) mass is 202 g/mol. The Morgan fingerprint density at radius 1 is 1.36 bits per heavy atom. The highest BCUT2D eigenvalue weighted by Crippen LogP contribution is 2.17. The van der Waals surface area contributed by atoms with E-state index < -0.39 is 0 Å². The quantitative estimate of drug-likeness (QED) is 0.467. The second kappa shape index (κ2) is 8.21. The van der Waals surface area contributed by atoms with Crippen LogP contribution in [0, 0.1) is 11.8 Å². The van der Waals surface area contributed by atoms with E-state index in [1.807, 2.05) is 0 Å². The Labute approximate surface area is 88.4 Å². The predicted octanol–water partition coefficient (Wildman–Crippen LogP) is 1.93. The standard InChI is InChI=1S/C11H26N2O/c1-5-9(2)8-11(13-12)10(3)6-7-14-4/h9-11,13H,5-8,12H2,1-4H3. The van der Waals surface area contributed by atoms with Crippen LogP contribution in [0.15, 0.2) is 0 Å². The number of methoxy groups -OCH3 is 1. The van der Waals surface area contributed by atoms with Crippen molar-refractivity contribution in [2.75, 3.05) is 13.7 Å². The molecule has 0 aromatic carbocycles. The molecule has 3 N–H and O–H groups in total. The smallest absolute Gasteiger partial charge is 0.0465 e. The summed E-state index contributed by atoms with van der Waals surface area (Å²) in [5.41, 5.74) is 2.92. The Kier molecular flexibility index (Phi) is 8.14. The number of rotatable bonds is 8. The molecule has 0 aliphatic rings. The van der Waals surface area contributed by atoms with Gasteiger partial charge in [0, 0.05) is 19.8 Å². The lowest BCUT2D eigenvalue weighted by Gasteiger charge is -2.25. The van der Waals surface area contributed by atoms with Crippen molar-refractivity contribution in [3.63, 3.8) is 0 Å². The molecule has 0 amide bonds. The molecular weight excluding hydrogens is 176 g/mol. The van der Waals surface area contributed by atoms with E-state index in [4.69, 9.17) is 10.6 Å². The van der Waals surface area contributed by atoms with Crippen LogP contribution in [-0.2, 0) is 4.74 Å². The zero-order valence-electron chi connectivity index (χ0n) is 10.0. The fourth-order valence-corrected chi connectivity index (χ4v) is 1.57. The molecule has 0 aromatic heterocycles. The Balaban J connectivity index is 3.85. The molecule has 0 fully saturated rings. The number of nitrogens with two attached hydrogens (primary N) is 1. The van der Waals surface area contributed by atoms with E-state index in [1.165, 1.54) is 6.42 Å². The Morgan fingerprint density at radius 2 is 2.00 bits per heavy atom. The second-order valence-electron chi connectivity index (χ2n) is 4.28. The summed E-state index contributed by atoms with van der Waals surface area (Å²) in [4.78, 5) is 0. The lowest BCUT2D eigenvalue weighted by atomic mass is 9.90. The molecule has 0 aromatic rings. The fraction of sp³-hybridized carbons (Fsp3) is 1.00.